The van der Waals surface area contributed by atoms with Crippen LogP contribution in [0.1, 0.15) is 65.2 Å². The summed E-state index contributed by atoms with van der Waals surface area (Å²) in [5.74, 6) is -1.38. The van der Waals surface area contributed by atoms with Crippen LogP contribution in [0.5, 0.6) is 0 Å². The standard InChI is InChI=1S/C29H39NO6/c1-20(25(31)34-19-22-12-10-9-11-13-22)35-26(32)24(30(8)27(33)36-29(5,6)7)18-21-14-16-23(17-15-21)28(2,3)4/h9-17,20,24H,18-19H2,1-8H3/t20?,24-/m0/s1. The number of nitrogens with zero attached hydrogens (tertiary/aromatic N) is 1. The van der Waals surface area contributed by atoms with Crippen LogP contribution in [0.3, 0.4) is 0 Å². The van der Waals surface area contributed by atoms with E-state index in [-0.39, 0.29) is 18.4 Å². The van der Waals surface area contributed by atoms with Crippen molar-refractivity contribution in [1.29, 1.82) is 0 Å². The number of hydrogen-bond acceptors (Lipinski definition) is 6. The van der Waals surface area contributed by atoms with Gasteiger partial charge in [-0.2, -0.15) is 0 Å². The Kier molecular flexibility index (Phi) is 9.68. The smallest absolute Gasteiger partial charge is 0.410 e. The van der Waals surface area contributed by atoms with E-state index < -0.39 is 35.8 Å². The molecule has 0 aromatic heterocycles. The van der Waals surface area contributed by atoms with Crippen molar-refractivity contribution in [2.24, 2.45) is 0 Å². The molecule has 1 amide bonds. The molecule has 7 heteroatoms. The highest BCUT2D eigenvalue weighted by molar-refractivity contribution is 5.84. The van der Waals surface area contributed by atoms with Gasteiger partial charge < -0.3 is 14.2 Å². The summed E-state index contributed by atoms with van der Waals surface area (Å²) in [7, 11) is 1.49. The maximum absolute atomic E-state index is 13.2. The second-order valence-corrected chi connectivity index (χ2v) is 10.9. The maximum atomic E-state index is 13.2. The third kappa shape index (κ3) is 9.02. The minimum Gasteiger partial charge on any atom is -0.458 e. The lowest BCUT2D eigenvalue weighted by atomic mass is 9.86. The molecule has 0 aliphatic heterocycles. The Morgan fingerprint density at radius 2 is 1.42 bits per heavy atom. The highest BCUT2D eigenvalue weighted by Gasteiger charge is 2.34. The van der Waals surface area contributed by atoms with E-state index in [4.69, 9.17) is 14.2 Å². The molecule has 0 spiro atoms. The van der Waals surface area contributed by atoms with Crippen LogP contribution in [0.2, 0.25) is 0 Å². The molecular formula is C29H39NO6. The lowest BCUT2D eigenvalue weighted by molar-refractivity contribution is -0.170. The molecule has 0 saturated carbocycles. The molecule has 0 bridgehead atoms. The highest BCUT2D eigenvalue weighted by Crippen LogP contribution is 2.23. The van der Waals surface area contributed by atoms with Gasteiger partial charge in [-0.15, -0.1) is 0 Å². The second-order valence-electron chi connectivity index (χ2n) is 10.9. The molecule has 0 radical (unpaired) electrons. The number of benzene rings is 2. The zero-order valence-electron chi connectivity index (χ0n) is 22.7. The zero-order valence-corrected chi connectivity index (χ0v) is 22.7. The van der Waals surface area contributed by atoms with Crippen molar-refractivity contribution in [3.63, 3.8) is 0 Å². The summed E-state index contributed by atoms with van der Waals surface area (Å²) in [6.07, 6.45) is -1.60. The van der Waals surface area contributed by atoms with E-state index in [0.717, 1.165) is 16.7 Å². The van der Waals surface area contributed by atoms with Crippen molar-refractivity contribution in [3.05, 3.63) is 71.3 Å². The van der Waals surface area contributed by atoms with Crippen molar-refractivity contribution in [3.8, 4) is 0 Å². The summed E-state index contributed by atoms with van der Waals surface area (Å²) >= 11 is 0. The summed E-state index contributed by atoms with van der Waals surface area (Å²) in [6.45, 7) is 13.1. The van der Waals surface area contributed by atoms with Crippen LogP contribution >= 0.6 is 0 Å². The molecule has 0 saturated heterocycles. The molecule has 2 rings (SSSR count). The lowest BCUT2D eigenvalue weighted by Crippen LogP contribution is -2.47. The molecule has 7 nitrogen and oxygen atoms in total. The van der Waals surface area contributed by atoms with Gasteiger partial charge in [-0.3, -0.25) is 4.90 Å². The molecule has 0 aliphatic carbocycles. The minimum absolute atomic E-state index is 0.0142. The van der Waals surface area contributed by atoms with Crippen LogP contribution in [0, 0.1) is 0 Å². The van der Waals surface area contributed by atoms with E-state index in [1.54, 1.807) is 20.8 Å². The Hall–Kier alpha value is -3.35. The summed E-state index contributed by atoms with van der Waals surface area (Å²) < 4.78 is 16.2. The number of amides is 1. The van der Waals surface area contributed by atoms with Gasteiger partial charge in [0.2, 0.25) is 0 Å². The average Bonchev–Trinajstić information content (AvgIpc) is 2.79. The van der Waals surface area contributed by atoms with Gasteiger partial charge >= 0.3 is 18.0 Å². The first-order valence-electron chi connectivity index (χ1n) is 12.1. The summed E-state index contributed by atoms with van der Waals surface area (Å²) in [6, 6.07) is 16.1. The van der Waals surface area contributed by atoms with Crippen molar-refractivity contribution >= 4 is 18.0 Å². The van der Waals surface area contributed by atoms with E-state index in [0.29, 0.717) is 0 Å². The van der Waals surface area contributed by atoms with E-state index in [1.807, 2.05) is 54.6 Å². The summed E-state index contributed by atoms with van der Waals surface area (Å²) in [4.78, 5) is 39.6. The van der Waals surface area contributed by atoms with Gasteiger partial charge in [-0.25, -0.2) is 14.4 Å². The van der Waals surface area contributed by atoms with Crippen LogP contribution in [-0.4, -0.2) is 47.7 Å². The predicted octanol–water partition coefficient (Wildman–Crippen LogP) is 5.44. The van der Waals surface area contributed by atoms with Crippen molar-refractivity contribution in [2.75, 3.05) is 7.05 Å². The van der Waals surface area contributed by atoms with Gasteiger partial charge in [0.15, 0.2) is 6.10 Å². The number of esters is 2. The Labute approximate surface area is 214 Å². The summed E-state index contributed by atoms with van der Waals surface area (Å²) in [5.41, 5.74) is 2.08. The Balaban J connectivity index is 2.15. The first kappa shape index (κ1) is 28.9. The monoisotopic (exact) mass is 497 g/mol. The SMILES string of the molecule is CC(OC(=O)[C@H](Cc1ccc(C(C)(C)C)cc1)N(C)C(=O)OC(C)(C)C)C(=O)OCc1ccccc1. The number of carbonyl (C=O) groups excluding carboxylic acids is 3. The maximum Gasteiger partial charge on any atom is 0.410 e. The van der Waals surface area contributed by atoms with E-state index in [1.165, 1.54) is 18.9 Å². The number of rotatable bonds is 8. The van der Waals surface area contributed by atoms with Gasteiger partial charge in [0, 0.05) is 13.5 Å². The Morgan fingerprint density at radius 1 is 0.833 bits per heavy atom. The quantitative estimate of drug-likeness (QED) is 0.357. The number of likely N-dealkylation sites (N-methyl/N-ethyl adjacent to an activating group) is 1. The molecule has 1 unspecified atom stereocenters. The van der Waals surface area contributed by atoms with E-state index in [2.05, 4.69) is 20.8 Å². The van der Waals surface area contributed by atoms with Crippen LogP contribution < -0.4 is 0 Å². The molecular weight excluding hydrogens is 458 g/mol. The molecule has 2 aromatic carbocycles. The van der Waals surface area contributed by atoms with Gasteiger partial charge in [0.05, 0.1) is 0 Å². The molecule has 2 atom stereocenters. The van der Waals surface area contributed by atoms with Gasteiger partial charge in [-0.1, -0.05) is 75.4 Å². The highest BCUT2D eigenvalue weighted by atomic mass is 16.6. The van der Waals surface area contributed by atoms with E-state index >= 15 is 0 Å². The molecule has 196 valence electrons. The molecule has 0 heterocycles. The Morgan fingerprint density at radius 3 is 1.94 bits per heavy atom. The average molecular weight is 498 g/mol. The molecule has 2 aromatic rings. The molecule has 0 N–H and O–H groups in total. The zero-order chi connectivity index (χ0) is 27.1. The molecule has 0 aliphatic rings. The number of carbonyl (C=O) groups is 3. The molecule has 36 heavy (non-hydrogen) atoms. The van der Waals surface area contributed by atoms with E-state index in [9.17, 15) is 14.4 Å². The van der Waals surface area contributed by atoms with Gasteiger partial charge in [-0.05, 0) is 49.8 Å². The summed E-state index contributed by atoms with van der Waals surface area (Å²) in [5, 5.41) is 0. The largest absolute Gasteiger partial charge is 0.458 e. The van der Waals surface area contributed by atoms with Crippen LogP contribution in [0.25, 0.3) is 0 Å². The van der Waals surface area contributed by atoms with Crippen molar-refractivity contribution in [2.45, 2.75) is 84.7 Å². The normalized spacial score (nSPS) is 13.3. The molecule has 0 fully saturated rings. The van der Waals surface area contributed by atoms with Gasteiger partial charge in [0.25, 0.3) is 0 Å². The Bertz CT molecular complexity index is 1020. The fraction of sp³-hybridized carbons (Fsp3) is 0.483. The van der Waals surface area contributed by atoms with Gasteiger partial charge in [0.1, 0.15) is 18.2 Å². The second kappa shape index (κ2) is 12.1. The fourth-order valence-electron chi connectivity index (χ4n) is 3.35. The minimum atomic E-state index is -1.14. The first-order valence-corrected chi connectivity index (χ1v) is 12.1. The van der Waals surface area contributed by atoms with Crippen LogP contribution in [-0.2, 0) is 42.2 Å². The number of hydrogen-bond donors (Lipinski definition) is 0. The predicted molar refractivity (Wildman–Crippen MR) is 138 cm³/mol. The van der Waals surface area contributed by atoms with Crippen LogP contribution in [0.15, 0.2) is 54.6 Å². The third-order valence-corrected chi connectivity index (χ3v) is 5.52. The first-order chi connectivity index (χ1) is 16.7. The van der Waals surface area contributed by atoms with Crippen molar-refractivity contribution in [1.82, 2.24) is 4.90 Å². The van der Waals surface area contributed by atoms with Crippen LogP contribution in [0.4, 0.5) is 4.79 Å². The number of ether oxygens (including phenoxy) is 3. The topological polar surface area (TPSA) is 82.1 Å². The van der Waals surface area contributed by atoms with Crippen molar-refractivity contribution < 1.29 is 28.6 Å². The fourth-order valence-corrected chi connectivity index (χ4v) is 3.35. The third-order valence-electron chi connectivity index (χ3n) is 5.52. The lowest BCUT2D eigenvalue weighted by Gasteiger charge is -2.30.